The first-order valence-electron chi connectivity index (χ1n) is 20.4. The Morgan fingerprint density at radius 3 is 1.76 bits per heavy atom. The van der Waals surface area contributed by atoms with Crippen LogP contribution >= 0.6 is 0 Å². The van der Waals surface area contributed by atoms with Gasteiger partial charge in [-0.15, -0.1) is 0 Å². The van der Waals surface area contributed by atoms with Crippen LogP contribution in [-0.2, 0) is 0 Å². The van der Waals surface area contributed by atoms with Crippen LogP contribution in [0, 0.1) is 0 Å². The molecule has 0 unspecified atom stereocenters. The van der Waals surface area contributed by atoms with Gasteiger partial charge in [0, 0.05) is 49.5 Å². The summed E-state index contributed by atoms with van der Waals surface area (Å²) in [6.45, 7) is 7.99. The summed E-state index contributed by atoms with van der Waals surface area (Å²) in [5.41, 5.74) is 11.5. The fraction of sp³-hybridized carbons (Fsp3) is 0. The van der Waals surface area contributed by atoms with Gasteiger partial charge in [0.15, 0.2) is 17.5 Å². The van der Waals surface area contributed by atoms with Gasteiger partial charge >= 0.3 is 0 Å². The van der Waals surface area contributed by atoms with Crippen LogP contribution in [-0.4, -0.2) is 29.5 Å². The normalized spacial score (nSPS) is 11.8. The average Bonchev–Trinajstić information content (AvgIpc) is 3.90. The van der Waals surface area contributed by atoms with Gasteiger partial charge in [0.1, 0.15) is 11.2 Å². The van der Waals surface area contributed by atoms with E-state index in [0.717, 1.165) is 94.1 Å². The van der Waals surface area contributed by atoms with E-state index in [2.05, 4.69) is 96.6 Å². The van der Waals surface area contributed by atoms with E-state index in [9.17, 15) is 0 Å². The smallest absolute Gasteiger partial charge is 0.238 e. The molecular formula is C55H36N6O. The highest BCUT2D eigenvalue weighted by Crippen LogP contribution is 2.45. The van der Waals surface area contributed by atoms with Crippen LogP contribution in [0.15, 0.2) is 212 Å². The molecule has 0 saturated heterocycles. The fourth-order valence-corrected chi connectivity index (χ4v) is 8.35. The minimum atomic E-state index is 0.496. The van der Waals surface area contributed by atoms with E-state index in [-0.39, 0.29) is 0 Å². The average molecular weight is 797 g/mol. The zero-order valence-electron chi connectivity index (χ0n) is 33.5. The lowest BCUT2D eigenvalue weighted by Gasteiger charge is -2.14. The number of fused-ring (bicyclic) bond motifs is 7. The van der Waals surface area contributed by atoms with Gasteiger partial charge in [0.25, 0.3) is 0 Å². The Kier molecular flexibility index (Phi) is 8.98. The molecule has 7 aromatic carbocycles. The molecule has 0 saturated carbocycles. The van der Waals surface area contributed by atoms with Gasteiger partial charge in [0.2, 0.25) is 5.95 Å². The van der Waals surface area contributed by atoms with Crippen molar-refractivity contribution in [2.24, 2.45) is 0 Å². The molecule has 7 heteroatoms. The predicted octanol–water partition coefficient (Wildman–Crippen LogP) is 13.7. The summed E-state index contributed by atoms with van der Waals surface area (Å²) < 4.78 is 8.98. The standard InChI is InChI=1S/C55H36N6O/c1-3-19-35(4-2)52-56-45(36-20-8-5-9-21-36)34-46(57-52)40-27-18-26-39(32-40)43-33-44-41-28-15-17-31-48(41)62-51(44)49-42-29-14-16-30-47(42)61(50(43)49)55-59-53(37-22-10-6-11-23-37)58-54(60-55)38-24-12-7-13-25-38/h3-34H,1-2H2/b35-19+. The van der Waals surface area contributed by atoms with E-state index >= 15 is 0 Å². The quantitative estimate of drug-likeness (QED) is 0.135. The van der Waals surface area contributed by atoms with E-state index in [1.165, 1.54) is 0 Å². The number of hydrogen-bond donors (Lipinski definition) is 0. The van der Waals surface area contributed by atoms with Gasteiger partial charge in [0.05, 0.1) is 27.8 Å². The maximum Gasteiger partial charge on any atom is 0.238 e. The lowest BCUT2D eigenvalue weighted by Crippen LogP contribution is -2.07. The third-order valence-electron chi connectivity index (χ3n) is 11.2. The summed E-state index contributed by atoms with van der Waals surface area (Å²) in [6, 6.07) is 59.7. The number of allylic oxidation sites excluding steroid dienone is 4. The largest absolute Gasteiger partial charge is 0.455 e. The molecule has 4 aromatic heterocycles. The second kappa shape index (κ2) is 15.2. The van der Waals surface area contributed by atoms with E-state index in [4.69, 9.17) is 29.3 Å². The summed E-state index contributed by atoms with van der Waals surface area (Å²) >= 11 is 0. The second-order valence-electron chi connectivity index (χ2n) is 15.0. The molecule has 0 amide bonds. The molecule has 11 rings (SSSR count). The SMILES string of the molecule is C=C/C=C(\C=C)c1nc(-c2ccccc2)cc(-c2cccc(-c3cc4c5ccccc5oc4c4c5ccccc5n(-c5nc(-c6ccccc6)nc(-c6ccccc6)n5)c34)c2)n1. The Morgan fingerprint density at radius 2 is 1.08 bits per heavy atom. The predicted molar refractivity (Wildman–Crippen MR) is 253 cm³/mol. The molecule has 0 aliphatic heterocycles. The summed E-state index contributed by atoms with van der Waals surface area (Å²) in [4.78, 5) is 25.7. The lowest BCUT2D eigenvalue weighted by atomic mass is 9.96. The number of aromatic nitrogens is 6. The van der Waals surface area contributed by atoms with Crippen LogP contribution in [0.3, 0.4) is 0 Å². The monoisotopic (exact) mass is 796 g/mol. The van der Waals surface area contributed by atoms with Gasteiger partial charge in [-0.05, 0) is 35.9 Å². The zero-order chi connectivity index (χ0) is 41.6. The topological polar surface area (TPSA) is 82.5 Å². The van der Waals surface area contributed by atoms with Crippen molar-refractivity contribution in [2.75, 3.05) is 0 Å². The number of nitrogens with zero attached hydrogens (tertiary/aromatic N) is 6. The van der Waals surface area contributed by atoms with E-state index in [0.29, 0.717) is 23.4 Å². The van der Waals surface area contributed by atoms with Crippen molar-refractivity contribution < 1.29 is 4.42 Å². The second-order valence-corrected chi connectivity index (χ2v) is 15.0. The summed E-state index contributed by atoms with van der Waals surface area (Å²) in [5.74, 6) is 2.21. The number of furan rings is 1. The van der Waals surface area contributed by atoms with Crippen molar-refractivity contribution in [2.45, 2.75) is 0 Å². The summed E-state index contributed by atoms with van der Waals surface area (Å²) in [6.07, 6.45) is 5.37. The number of benzene rings is 7. The van der Waals surface area contributed by atoms with E-state index in [1.54, 1.807) is 12.2 Å². The molecule has 0 aliphatic rings. The Morgan fingerprint density at radius 1 is 0.500 bits per heavy atom. The van der Waals surface area contributed by atoms with Crippen LogP contribution in [0.1, 0.15) is 5.82 Å². The minimum absolute atomic E-state index is 0.496. The molecule has 62 heavy (non-hydrogen) atoms. The highest BCUT2D eigenvalue weighted by atomic mass is 16.3. The van der Waals surface area contributed by atoms with Crippen LogP contribution in [0.4, 0.5) is 0 Å². The maximum atomic E-state index is 6.81. The van der Waals surface area contributed by atoms with Crippen molar-refractivity contribution in [1.82, 2.24) is 29.5 Å². The van der Waals surface area contributed by atoms with Crippen molar-refractivity contribution in [1.29, 1.82) is 0 Å². The highest BCUT2D eigenvalue weighted by molar-refractivity contribution is 6.27. The first-order chi connectivity index (χ1) is 30.6. The highest BCUT2D eigenvalue weighted by Gasteiger charge is 2.25. The number of rotatable bonds is 9. The van der Waals surface area contributed by atoms with Crippen molar-refractivity contribution >= 4 is 49.3 Å². The van der Waals surface area contributed by atoms with Crippen LogP contribution in [0.25, 0.3) is 112 Å². The molecule has 292 valence electrons. The molecule has 4 heterocycles. The van der Waals surface area contributed by atoms with Gasteiger partial charge in [-0.3, -0.25) is 4.57 Å². The Bertz CT molecular complexity index is 3490. The van der Waals surface area contributed by atoms with Crippen molar-refractivity contribution in [3.8, 4) is 62.4 Å². The minimum Gasteiger partial charge on any atom is -0.455 e. The van der Waals surface area contributed by atoms with Crippen LogP contribution < -0.4 is 0 Å². The zero-order valence-corrected chi connectivity index (χ0v) is 33.5. The van der Waals surface area contributed by atoms with E-state index in [1.807, 2.05) is 103 Å². The number of hydrogen-bond acceptors (Lipinski definition) is 6. The van der Waals surface area contributed by atoms with Crippen LogP contribution in [0.2, 0.25) is 0 Å². The van der Waals surface area contributed by atoms with Crippen molar-refractivity contribution in [3.05, 3.63) is 213 Å². The van der Waals surface area contributed by atoms with Gasteiger partial charge < -0.3 is 4.42 Å². The molecule has 7 nitrogen and oxygen atoms in total. The maximum absolute atomic E-state index is 6.81. The molecule has 0 spiro atoms. The molecule has 0 fully saturated rings. The van der Waals surface area contributed by atoms with Crippen molar-refractivity contribution in [3.63, 3.8) is 0 Å². The first-order valence-corrected chi connectivity index (χ1v) is 20.4. The molecule has 0 bridgehead atoms. The third kappa shape index (κ3) is 6.28. The number of para-hydroxylation sites is 2. The lowest BCUT2D eigenvalue weighted by molar-refractivity contribution is 0.673. The molecular weight excluding hydrogens is 761 g/mol. The molecule has 0 N–H and O–H groups in total. The first kappa shape index (κ1) is 36.5. The summed E-state index contributed by atoms with van der Waals surface area (Å²) in [5, 5.41) is 4.04. The molecule has 0 aliphatic carbocycles. The van der Waals surface area contributed by atoms with Gasteiger partial charge in [-0.1, -0.05) is 177 Å². The Hall–Kier alpha value is -8.55. The molecule has 0 radical (unpaired) electrons. The molecule has 0 atom stereocenters. The fourth-order valence-electron chi connectivity index (χ4n) is 8.35. The summed E-state index contributed by atoms with van der Waals surface area (Å²) in [7, 11) is 0. The van der Waals surface area contributed by atoms with Gasteiger partial charge in [-0.2, -0.15) is 9.97 Å². The molecule has 11 aromatic rings. The Labute approximate surface area is 357 Å². The third-order valence-corrected chi connectivity index (χ3v) is 11.2. The van der Waals surface area contributed by atoms with Crippen LogP contribution in [0.5, 0.6) is 0 Å². The van der Waals surface area contributed by atoms with E-state index < -0.39 is 0 Å². The Balaban J connectivity index is 1.22. The van der Waals surface area contributed by atoms with Gasteiger partial charge in [-0.25, -0.2) is 15.0 Å².